The molecule has 3 heterocycles. The Morgan fingerprint density at radius 2 is 1.87 bits per heavy atom. The highest BCUT2D eigenvalue weighted by molar-refractivity contribution is 7.89. The first kappa shape index (κ1) is 26.8. The largest absolute Gasteiger partial charge is 0.495 e. The molecule has 0 saturated carbocycles. The number of rotatable bonds is 6. The predicted molar refractivity (Wildman–Crippen MR) is 145 cm³/mol. The quantitative estimate of drug-likeness (QED) is 0.418. The molecule has 2 aliphatic rings. The zero-order chi connectivity index (χ0) is 28.1. The minimum atomic E-state index is -4.25. The van der Waals surface area contributed by atoms with Gasteiger partial charge >= 0.3 is 0 Å². The Morgan fingerprint density at radius 3 is 2.54 bits per heavy atom. The number of nitrogens with one attached hydrogen (secondary N) is 2. The number of primary sulfonamides is 1. The number of carbonyl (C=O) groups excluding carboxylic acids is 1. The molecule has 1 amide bonds. The molecule has 1 aromatic heterocycles. The number of anilines is 3. The summed E-state index contributed by atoms with van der Waals surface area (Å²) < 4.78 is 45.5. The number of carbonyl (C=O) groups is 1. The van der Waals surface area contributed by atoms with Crippen molar-refractivity contribution in [2.24, 2.45) is 5.14 Å². The summed E-state index contributed by atoms with van der Waals surface area (Å²) in [5, 5.41) is 11.3. The SMILES string of the molecule is COc1ccc(N2CCN(C)CC2)cc1Nc1ncc(F)c(-c2cc3c(c(S(N)(=O)=O)c2)C(C)(C)NC3=O)n1. The van der Waals surface area contributed by atoms with Gasteiger partial charge in [0.2, 0.25) is 16.0 Å². The van der Waals surface area contributed by atoms with Crippen LogP contribution in [-0.4, -0.2) is 69.5 Å². The van der Waals surface area contributed by atoms with Gasteiger partial charge in [0.1, 0.15) is 11.4 Å². The van der Waals surface area contributed by atoms with Gasteiger partial charge < -0.3 is 25.2 Å². The Bertz CT molecular complexity index is 1570. The average molecular weight is 556 g/mol. The van der Waals surface area contributed by atoms with Gasteiger partial charge in [-0.15, -0.1) is 0 Å². The molecule has 0 bridgehead atoms. The molecule has 0 unspecified atom stereocenters. The molecule has 0 spiro atoms. The lowest BCUT2D eigenvalue weighted by molar-refractivity contribution is 0.0940. The van der Waals surface area contributed by atoms with E-state index in [1.54, 1.807) is 21.0 Å². The van der Waals surface area contributed by atoms with Gasteiger partial charge in [-0.3, -0.25) is 4.79 Å². The van der Waals surface area contributed by atoms with Crippen LogP contribution in [0.4, 0.5) is 21.7 Å². The van der Waals surface area contributed by atoms with Crippen molar-refractivity contribution in [3.05, 3.63) is 53.5 Å². The molecule has 11 nitrogen and oxygen atoms in total. The summed E-state index contributed by atoms with van der Waals surface area (Å²) in [6.07, 6.45) is 0.981. The van der Waals surface area contributed by atoms with Crippen LogP contribution in [0.1, 0.15) is 29.8 Å². The van der Waals surface area contributed by atoms with Crippen LogP contribution in [-0.2, 0) is 15.6 Å². The third kappa shape index (κ3) is 5.12. The second-order valence-corrected chi connectivity index (χ2v) is 11.7. The van der Waals surface area contributed by atoms with Crippen LogP contribution in [0.2, 0.25) is 0 Å². The minimum Gasteiger partial charge on any atom is -0.495 e. The Morgan fingerprint density at radius 1 is 1.15 bits per heavy atom. The number of hydrogen-bond donors (Lipinski definition) is 3. The Balaban J connectivity index is 1.55. The van der Waals surface area contributed by atoms with Crippen LogP contribution in [0.5, 0.6) is 5.75 Å². The summed E-state index contributed by atoms with van der Waals surface area (Å²) in [6, 6.07) is 8.37. The topological polar surface area (TPSA) is 143 Å². The second-order valence-electron chi connectivity index (χ2n) is 10.2. The van der Waals surface area contributed by atoms with Crippen LogP contribution in [0.3, 0.4) is 0 Å². The zero-order valence-corrected chi connectivity index (χ0v) is 22.9. The summed E-state index contributed by atoms with van der Waals surface area (Å²) in [4.78, 5) is 25.3. The number of benzene rings is 2. The molecule has 0 radical (unpaired) electrons. The standard InChI is InChI=1S/C26H30FN7O4S/c1-26(2)22-17(24(35)32-26)11-15(12-21(22)39(28,36)37)23-18(27)14-29-25(31-23)30-19-13-16(5-6-20(19)38-4)34-9-7-33(3)8-10-34/h5-6,11-14H,7-10H2,1-4H3,(H,32,35)(H2,28,36,37)(H,29,30,31). The minimum absolute atomic E-state index is 0.0580. The summed E-state index contributed by atoms with van der Waals surface area (Å²) in [6.45, 7) is 6.96. The van der Waals surface area contributed by atoms with E-state index >= 15 is 4.39 Å². The van der Waals surface area contributed by atoms with Crippen molar-refractivity contribution in [1.82, 2.24) is 20.2 Å². The first-order valence-electron chi connectivity index (χ1n) is 12.3. The Labute approximate surface area is 226 Å². The number of methoxy groups -OCH3 is 1. The highest BCUT2D eigenvalue weighted by Gasteiger charge is 2.40. The highest BCUT2D eigenvalue weighted by atomic mass is 32.2. The van der Waals surface area contributed by atoms with Gasteiger partial charge in [0.15, 0.2) is 5.82 Å². The molecule has 3 aromatic rings. The maximum absolute atomic E-state index is 15.0. The maximum atomic E-state index is 15.0. The second kappa shape index (κ2) is 9.74. The molecule has 2 aromatic carbocycles. The summed E-state index contributed by atoms with van der Waals surface area (Å²) >= 11 is 0. The third-order valence-corrected chi connectivity index (χ3v) is 7.95. The van der Waals surface area contributed by atoms with E-state index in [9.17, 15) is 13.2 Å². The van der Waals surface area contributed by atoms with Gasteiger partial charge in [-0.2, -0.15) is 0 Å². The van der Waals surface area contributed by atoms with Crippen molar-refractivity contribution in [3.63, 3.8) is 0 Å². The lowest BCUT2D eigenvalue weighted by atomic mass is 9.92. The molecule has 5 rings (SSSR count). The summed E-state index contributed by atoms with van der Waals surface area (Å²) in [5.41, 5.74) is 0.798. The number of sulfonamides is 1. The third-order valence-electron chi connectivity index (χ3n) is 7.02. The molecule has 1 saturated heterocycles. The monoisotopic (exact) mass is 555 g/mol. The van der Waals surface area contributed by atoms with Crippen molar-refractivity contribution < 1.29 is 22.3 Å². The zero-order valence-electron chi connectivity index (χ0n) is 22.1. The lowest BCUT2D eigenvalue weighted by Gasteiger charge is -2.34. The Kier molecular flexibility index (Phi) is 6.69. The number of aromatic nitrogens is 2. The van der Waals surface area contributed by atoms with E-state index in [1.165, 1.54) is 12.1 Å². The van der Waals surface area contributed by atoms with E-state index in [1.807, 2.05) is 18.2 Å². The predicted octanol–water partition coefficient (Wildman–Crippen LogP) is 2.41. The first-order valence-corrected chi connectivity index (χ1v) is 13.9. The van der Waals surface area contributed by atoms with Crippen molar-refractivity contribution >= 4 is 33.3 Å². The molecule has 1 fully saturated rings. The molecule has 4 N–H and O–H groups in total. The lowest BCUT2D eigenvalue weighted by Crippen LogP contribution is -2.44. The molecular weight excluding hydrogens is 525 g/mol. The fourth-order valence-corrected chi connectivity index (χ4v) is 5.96. The fraction of sp³-hybridized carbons (Fsp3) is 0.346. The van der Waals surface area contributed by atoms with E-state index in [0.29, 0.717) is 11.4 Å². The number of nitrogens with two attached hydrogens (primary N) is 1. The van der Waals surface area contributed by atoms with E-state index in [0.717, 1.165) is 38.1 Å². The number of amides is 1. The van der Waals surface area contributed by atoms with E-state index in [4.69, 9.17) is 9.88 Å². The Hall–Kier alpha value is -3.81. The van der Waals surface area contributed by atoms with Crippen LogP contribution < -0.4 is 25.4 Å². The molecule has 13 heteroatoms. The van der Waals surface area contributed by atoms with Gasteiger partial charge in [0.05, 0.1) is 29.4 Å². The van der Waals surface area contributed by atoms with Crippen LogP contribution in [0.15, 0.2) is 41.4 Å². The smallest absolute Gasteiger partial charge is 0.252 e. The summed E-state index contributed by atoms with van der Waals surface area (Å²) in [7, 11) is -0.625. The average Bonchev–Trinajstić information content (AvgIpc) is 3.12. The van der Waals surface area contributed by atoms with Crippen molar-refractivity contribution in [3.8, 4) is 17.0 Å². The van der Waals surface area contributed by atoms with Crippen LogP contribution >= 0.6 is 0 Å². The molecule has 0 aliphatic carbocycles. The fourth-order valence-electron chi connectivity index (χ4n) is 5.02. The molecule has 2 aliphatic heterocycles. The molecular formula is C26H30FN7O4S. The normalized spacial score (nSPS) is 17.1. The van der Waals surface area contributed by atoms with E-state index < -0.39 is 27.3 Å². The first-order chi connectivity index (χ1) is 18.4. The highest BCUT2D eigenvalue weighted by Crippen LogP contribution is 2.39. The van der Waals surface area contributed by atoms with Crippen molar-refractivity contribution in [2.45, 2.75) is 24.3 Å². The van der Waals surface area contributed by atoms with Gasteiger partial charge in [0, 0.05) is 48.6 Å². The van der Waals surface area contributed by atoms with Crippen LogP contribution in [0, 0.1) is 5.82 Å². The number of fused-ring (bicyclic) bond motifs is 1. The van der Waals surface area contributed by atoms with Crippen molar-refractivity contribution in [2.75, 3.05) is 50.6 Å². The van der Waals surface area contributed by atoms with Gasteiger partial charge in [-0.25, -0.2) is 27.9 Å². The number of likely N-dealkylation sites (N-methyl/N-ethyl adjacent to an activating group) is 1. The number of hydrogen-bond acceptors (Lipinski definition) is 9. The molecule has 0 atom stereocenters. The van der Waals surface area contributed by atoms with Crippen molar-refractivity contribution in [1.29, 1.82) is 0 Å². The van der Waals surface area contributed by atoms with Crippen LogP contribution in [0.25, 0.3) is 11.3 Å². The molecule has 39 heavy (non-hydrogen) atoms. The van der Waals surface area contributed by atoms with E-state index in [-0.39, 0.29) is 33.2 Å². The maximum Gasteiger partial charge on any atom is 0.252 e. The summed E-state index contributed by atoms with van der Waals surface area (Å²) in [5.74, 6) is -0.685. The number of ether oxygens (including phenoxy) is 1. The van der Waals surface area contributed by atoms with Gasteiger partial charge in [0.25, 0.3) is 5.91 Å². The van der Waals surface area contributed by atoms with Gasteiger partial charge in [-0.05, 0) is 51.2 Å². The van der Waals surface area contributed by atoms with E-state index in [2.05, 4.69) is 37.4 Å². The van der Waals surface area contributed by atoms with Gasteiger partial charge in [-0.1, -0.05) is 0 Å². The number of halogens is 1. The number of nitrogens with zero attached hydrogens (tertiary/aromatic N) is 4. The molecule has 206 valence electrons. The number of piperazine rings is 1.